The van der Waals surface area contributed by atoms with E-state index in [1.807, 2.05) is 0 Å². The molecule has 0 aliphatic carbocycles. The molecule has 0 bridgehead atoms. The van der Waals surface area contributed by atoms with Crippen molar-refractivity contribution in [1.82, 2.24) is 0 Å². The van der Waals surface area contributed by atoms with E-state index in [9.17, 15) is 20.0 Å². The monoisotopic (exact) mass is 295 g/mol. The number of fused-ring (bicyclic) bond motifs is 1. The molecule has 1 aromatic rings. The van der Waals surface area contributed by atoms with E-state index < -0.39 is 11.0 Å². The molecule has 1 atom stereocenters. The minimum absolute atomic E-state index is 0.109. The summed E-state index contributed by atoms with van der Waals surface area (Å²) in [7, 11) is 0. The van der Waals surface area contributed by atoms with E-state index in [2.05, 4.69) is 10.6 Å². The SMILES string of the molecule is CC(O)CCCNc1cc2c(cc1[N+](=O)[O-])OCC(=O)N2. The lowest BCUT2D eigenvalue weighted by Crippen LogP contribution is -2.25. The van der Waals surface area contributed by atoms with Crippen LogP contribution < -0.4 is 15.4 Å². The Morgan fingerprint density at radius 2 is 2.33 bits per heavy atom. The molecule has 2 rings (SSSR count). The smallest absolute Gasteiger partial charge is 0.296 e. The minimum Gasteiger partial charge on any atom is -0.481 e. The van der Waals surface area contributed by atoms with Crippen molar-refractivity contribution in [3.05, 3.63) is 22.2 Å². The first-order valence-electron chi connectivity index (χ1n) is 6.64. The molecule has 0 saturated heterocycles. The van der Waals surface area contributed by atoms with Crippen LogP contribution in [0.15, 0.2) is 12.1 Å². The zero-order valence-corrected chi connectivity index (χ0v) is 11.6. The van der Waals surface area contributed by atoms with Gasteiger partial charge in [-0.15, -0.1) is 0 Å². The number of hydrogen-bond donors (Lipinski definition) is 3. The Hall–Kier alpha value is -2.35. The molecule has 1 aromatic carbocycles. The fourth-order valence-electron chi connectivity index (χ4n) is 2.03. The van der Waals surface area contributed by atoms with Gasteiger partial charge in [-0.2, -0.15) is 0 Å². The summed E-state index contributed by atoms with van der Waals surface area (Å²) >= 11 is 0. The molecule has 1 aliphatic rings. The lowest BCUT2D eigenvalue weighted by Gasteiger charge is -2.19. The predicted octanol–water partition coefficient (Wildman–Crippen LogP) is 1.50. The van der Waals surface area contributed by atoms with Crippen LogP contribution in [0.1, 0.15) is 19.8 Å². The van der Waals surface area contributed by atoms with Crippen LogP contribution in [-0.2, 0) is 4.79 Å². The molecule has 1 amide bonds. The number of carbonyl (C=O) groups is 1. The fourth-order valence-corrected chi connectivity index (χ4v) is 2.03. The van der Waals surface area contributed by atoms with E-state index in [1.54, 1.807) is 6.92 Å². The van der Waals surface area contributed by atoms with Gasteiger partial charge < -0.3 is 20.5 Å². The summed E-state index contributed by atoms with van der Waals surface area (Å²) in [5, 5.41) is 25.8. The van der Waals surface area contributed by atoms with Gasteiger partial charge in [-0.05, 0) is 25.8 Å². The molecular weight excluding hydrogens is 278 g/mol. The summed E-state index contributed by atoms with van der Waals surface area (Å²) in [5.74, 6) is -0.00719. The quantitative estimate of drug-likeness (QED) is 0.416. The van der Waals surface area contributed by atoms with Crippen LogP contribution in [0.5, 0.6) is 5.75 Å². The van der Waals surface area contributed by atoms with Crippen molar-refractivity contribution in [2.45, 2.75) is 25.9 Å². The molecular formula is C13H17N3O5. The third kappa shape index (κ3) is 3.82. The number of rotatable bonds is 6. The number of amides is 1. The van der Waals surface area contributed by atoms with Gasteiger partial charge >= 0.3 is 0 Å². The number of nitro groups is 1. The normalized spacial score (nSPS) is 14.7. The Labute approximate surface area is 121 Å². The van der Waals surface area contributed by atoms with Crippen molar-refractivity contribution in [2.24, 2.45) is 0 Å². The van der Waals surface area contributed by atoms with Gasteiger partial charge in [0.1, 0.15) is 5.69 Å². The Kier molecular flexibility index (Phi) is 4.59. The first-order valence-corrected chi connectivity index (χ1v) is 6.64. The van der Waals surface area contributed by atoms with Crippen molar-refractivity contribution < 1.29 is 19.6 Å². The molecule has 0 saturated carbocycles. The second-order valence-corrected chi connectivity index (χ2v) is 4.88. The number of hydrogen-bond acceptors (Lipinski definition) is 6. The molecule has 114 valence electrons. The van der Waals surface area contributed by atoms with Gasteiger partial charge in [0.15, 0.2) is 12.4 Å². The van der Waals surface area contributed by atoms with E-state index in [0.717, 1.165) is 0 Å². The summed E-state index contributed by atoms with van der Waals surface area (Å²) in [6, 6.07) is 2.79. The number of nitro benzene ring substituents is 1. The average molecular weight is 295 g/mol. The highest BCUT2D eigenvalue weighted by molar-refractivity contribution is 5.96. The van der Waals surface area contributed by atoms with Gasteiger partial charge in [0.25, 0.3) is 11.6 Å². The molecule has 8 heteroatoms. The van der Waals surface area contributed by atoms with E-state index >= 15 is 0 Å². The predicted molar refractivity (Wildman–Crippen MR) is 76.6 cm³/mol. The summed E-state index contributed by atoms with van der Waals surface area (Å²) in [6.45, 7) is 2.03. The lowest BCUT2D eigenvalue weighted by atomic mass is 10.2. The first kappa shape index (κ1) is 15.0. The maximum absolute atomic E-state index is 11.3. The fraction of sp³-hybridized carbons (Fsp3) is 0.462. The highest BCUT2D eigenvalue weighted by Gasteiger charge is 2.23. The number of aliphatic hydroxyl groups excluding tert-OH is 1. The summed E-state index contributed by atoms with van der Waals surface area (Å²) < 4.78 is 5.16. The summed E-state index contributed by atoms with van der Waals surface area (Å²) in [6.07, 6.45) is 0.874. The third-order valence-electron chi connectivity index (χ3n) is 3.04. The Bertz CT molecular complexity index is 559. The molecule has 1 heterocycles. The second-order valence-electron chi connectivity index (χ2n) is 4.88. The number of carbonyl (C=O) groups excluding carboxylic acids is 1. The molecule has 3 N–H and O–H groups in total. The summed E-state index contributed by atoms with van der Waals surface area (Å²) in [5.41, 5.74) is 0.618. The zero-order valence-electron chi connectivity index (χ0n) is 11.6. The molecule has 0 spiro atoms. The lowest BCUT2D eigenvalue weighted by molar-refractivity contribution is -0.384. The van der Waals surface area contributed by atoms with Crippen LogP contribution >= 0.6 is 0 Å². The summed E-state index contributed by atoms with van der Waals surface area (Å²) in [4.78, 5) is 21.9. The minimum atomic E-state index is -0.503. The van der Waals surface area contributed by atoms with Crippen molar-refractivity contribution >= 4 is 23.0 Å². The third-order valence-corrected chi connectivity index (χ3v) is 3.04. The van der Waals surface area contributed by atoms with Crippen LogP contribution in [0.4, 0.5) is 17.1 Å². The van der Waals surface area contributed by atoms with Crippen LogP contribution in [-0.4, -0.2) is 35.2 Å². The molecule has 21 heavy (non-hydrogen) atoms. The van der Waals surface area contributed by atoms with E-state index in [1.165, 1.54) is 12.1 Å². The average Bonchev–Trinajstić information content (AvgIpc) is 2.42. The number of ether oxygens (including phenoxy) is 1. The van der Waals surface area contributed by atoms with Gasteiger partial charge in [0.2, 0.25) is 0 Å². The van der Waals surface area contributed by atoms with Gasteiger partial charge in [-0.25, -0.2) is 0 Å². The van der Waals surface area contributed by atoms with E-state index in [4.69, 9.17) is 4.74 Å². The first-order chi connectivity index (χ1) is 9.97. The Morgan fingerprint density at radius 3 is 3.00 bits per heavy atom. The number of benzene rings is 1. The number of aliphatic hydroxyl groups is 1. The van der Waals surface area contributed by atoms with Gasteiger partial charge in [0, 0.05) is 6.54 Å². The molecule has 8 nitrogen and oxygen atoms in total. The largest absolute Gasteiger partial charge is 0.481 e. The number of anilines is 2. The standard InChI is InChI=1S/C13H17N3O5/c1-8(17)3-2-4-14-9-5-10-12(6-11(9)16(19)20)21-7-13(18)15-10/h5-6,8,14,17H,2-4,7H2,1H3,(H,15,18). The molecule has 1 aliphatic heterocycles. The Morgan fingerprint density at radius 1 is 1.57 bits per heavy atom. The van der Waals surface area contributed by atoms with Gasteiger partial charge in [-0.3, -0.25) is 14.9 Å². The number of nitrogens with zero attached hydrogens (tertiary/aromatic N) is 1. The molecule has 1 unspecified atom stereocenters. The van der Waals surface area contributed by atoms with Crippen LogP contribution in [0, 0.1) is 10.1 Å². The highest BCUT2D eigenvalue weighted by atomic mass is 16.6. The van der Waals surface area contributed by atoms with E-state index in [0.29, 0.717) is 30.8 Å². The van der Waals surface area contributed by atoms with Gasteiger partial charge in [0.05, 0.1) is 22.8 Å². The number of nitrogens with one attached hydrogen (secondary N) is 2. The molecule has 0 aromatic heterocycles. The highest BCUT2D eigenvalue weighted by Crippen LogP contribution is 2.37. The van der Waals surface area contributed by atoms with Crippen molar-refractivity contribution in [2.75, 3.05) is 23.8 Å². The maximum Gasteiger partial charge on any atom is 0.296 e. The van der Waals surface area contributed by atoms with E-state index in [-0.39, 0.29) is 24.0 Å². The van der Waals surface area contributed by atoms with Crippen LogP contribution in [0.2, 0.25) is 0 Å². The second kappa shape index (κ2) is 6.40. The van der Waals surface area contributed by atoms with Crippen molar-refractivity contribution in [1.29, 1.82) is 0 Å². The zero-order chi connectivity index (χ0) is 15.4. The van der Waals surface area contributed by atoms with Crippen molar-refractivity contribution in [3.63, 3.8) is 0 Å². The molecule has 0 radical (unpaired) electrons. The van der Waals surface area contributed by atoms with Crippen LogP contribution in [0.25, 0.3) is 0 Å². The van der Waals surface area contributed by atoms with Gasteiger partial charge in [-0.1, -0.05) is 0 Å². The van der Waals surface area contributed by atoms with Crippen molar-refractivity contribution in [3.8, 4) is 5.75 Å². The topological polar surface area (TPSA) is 114 Å². The van der Waals surface area contributed by atoms with Crippen LogP contribution in [0.3, 0.4) is 0 Å². The molecule has 0 fully saturated rings. The Balaban J connectivity index is 2.16. The maximum atomic E-state index is 11.3.